The van der Waals surface area contributed by atoms with Crippen LogP contribution in [-0.2, 0) is 0 Å². The molecule has 4 nitrogen and oxygen atoms in total. The number of rotatable bonds is 3. The zero-order chi connectivity index (χ0) is 13.8. The Balaban J connectivity index is 2.08. The van der Waals surface area contributed by atoms with Crippen LogP contribution in [0.3, 0.4) is 0 Å². The van der Waals surface area contributed by atoms with Crippen LogP contribution in [-0.4, -0.2) is 16.0 Å². The van der Waals surface area contributed by atoms with Crippen molar-refractivity contribution in [2.75, 3.05) is 0 Å². The summed E-state index contributed by atoms with van der Waals surface area (Å²) in [5, 5.41) is 12.2. The van der Waals surface area contributed by atoms with Crippen molar-refractivity contribution in [3.63, 3.8) is 0 Å². The molecule has 0 unspecified atom stereocenters. The first-order valence-electron chi connectivity index (χ1n) is 6.08. The number of hydrogen-bond donors (Lipinski definition) is 2. The minimum Gasteiger partial charge on any atom is -0.508 e. The number of benzene rings is 1. The highest BCUT2D eigenvalue weighted by atomic mass is 16.3. The molecule has 2 aromatic rings. The molecule has 1 aromatic carbocycles. The van der Waals surface area contributed by atoms with E-state index in [2.05, 4.69) is 10.3 Å². The lowest BCUT2D eigenvalue weighted by Gasteiger charge is -2.14. The van der Waals surface area contributed by atoms with E-state index >= 15 is 0 Å². The normalized spacial score (nSPS) is 11.9. The highest BCUT2D eigenvalue weighted by molar-refractivity contribution is 5.94. The van der Waals surface area contributed by atoms with Crippen molar-refractivity contribution in [3.05, 3.63) is 59.4 Å². The molecule has 2 N–H and O–H groups in total. The van der Waals surface area contributed by atoms with Gasteiger partial charge in [0.25, 0.3) is 5.91 Å². The predicted molar refractivity (Wildman–Crippen MR) is 73.0 cm³/mol. The number of phenols is 1. The topological polar surface area (TPSA) is 62.2 Å². The first-order chi connectivity index (χ1) is 9.06. The lowest BCUT2D eigenvalue weighted by Crippen LogP contribution is -2.26. The standard InChI is InChI=1S/C15H16N2O2/c1-10-6-7-13(9-16-10)11(2)17-15(19)12-4-3-5-14(18)8-12/h3-9,11,18H,1-2H3,(H,17,19)/t11-/m0/s1. The maximum Gasteiger partial charge on any atom is 0.251 e. The maximum absolute atomic E-state index is 12.0. The molecule has 0 saturated heterocycles. The van der Waals surface area contributed by atoms with Gasteiger partial charge < -0.3 is 10.4 Å². The summed E-state index contributed by atoms with van der Waals surface area (Å²) in [4.78, 5) is 16.2. The molecule has 1 aromatic heterocycles. The van der Waals surface area contributed by atoms with E-state index in [4.69, 9.17) is 0 Å². The quantitative estimate of drug-likeness (QED) is 0.887. The van der Waals surface area contributed by atoms with Gasteiger partial charge in [0.2, 0.25) is 0 Å². The summed E-state index contributed by atoms with van der Waals surface area (Å²) in [6, 6.07) is 9.99. The van der Waals surface area contributed by atoms with Crippen LogP contribution in [0.2, 0.25) is 0 Å². The molecule has 2 rings (SSSR count). The summed E-state index contributed by atoms with van der Waals surface area (Å²) >= 11 is 0. The summed E-state index contributed by atoms with van der Waals surface area (Å²) in [6.45, 7) is 3.81. The molecule has 19 heavy (non-hydrogen) atoms. The van der Waals surface area contributed by atoms with E-state index in [-0.39, 0.29) is 17.7 Å². The van der Waals surface area contributed by atoms with Crippen LogP contribution in [0.5, 0.6) is 5.75 Å². The fourth-order valence-corrected chi connectivity index (χ4v) is 1.75. The summed E-state index contributed by atoms with van der Waals surface area (Å²) in [6.07, 6.45) is 1.75. The van der Waals surface area contributed by atoms with Gasteiger partial charge in [0.15, 0.2) is 0 Å². The number of carbonyl (C=O) groups excluding carboxylic acids is 1. The zero-order valence-corrected chi connectivity index (χ0v) is 10.9. The molecule has 0 aliphatic carbocycles. The van der Waals surface area contributed by atoms with E-state index in [0.717, 1.165) is 11.3 Å². The second-order valence-electron chi connectivity index (χ2n) is 4.48. The molecule has 4 heteroatoms. The smallest absolute Gasteiger partial charge is 0.251 e. The third kappa shape index (κ3) is 3.31. The Labute approximate surface area is 112 Å². The van der Waals surface area contributed by atoms with Crippen molar-refractivity contribution in [1.29, 1.82) is 0 Å². The number of aromatic hydroxyl groups is 1. The van der Waals surface area contributed by atoms with Crippen molar-refractivity contribution in [1.82, 2.24) is 10.3 Å². The molecule has 1 heterocycles. The van der Waals surface area contributed by atoms with Gasteiger partial charge in [-0.1, -0.05) is 12.1 Å². The Morgan fingerprint density at radius 1 is 1.32 bits per heavy atom. The van der Waals surface area contributed by atoms with Gasteiger partial charge in [-0.05, 0) is 43.7 Å². The molecule has 0 aliphatic rings. The van der Waals surface area contributed by atoms with Crippen molar-refractivity contribution in [2.24, 2.45) is 0 Å². The van der Waals surface area contributed by atoms with Crippen LogP contribution in [0.1, 0.15) is 34.6 Å². The van der Waals surface area contributed by atoms with Gasteiger partial charge in [0.1, 0.15) is 5.75 Å². The Kier molecular flexibility index (Phi) is 3.80. The molecule has 1 atom stereocenters. The van der Waals surface area contributed by atoms with E-state index in [1.54, 1.807) is 18.3 Å². The number of carbonyl (C=O) groups is 1. The molecule has 0 saturated carbocycles. The summed E-state index contributed by atoms with van der Waals surface area (Å²) < 4.78 is 0. The molecule has 98 valence electrons. The van der Waals surface area contributed by atoms with Crippen molar-refractivity contribution >= 4 is 5.91 Å². The van der Waals surface area contributed by atoms with Gasteiger partial charge in [-0.25, -0.2) is 0 Å². The Morgan fingerprint density at radius 2 is 2.11 bits per heavy atom. The summed E-state index contributed by atoms with van der Waals surface area (Å²) in [5.41, 5.74) is 2.32. The first-order valence-corrected chi connectivity index (χ1v) is 6.08. The van der Waals surface area contributed by atoms with E-state index in [9.17, 15) is 9.90 Å². The largest absolute Gasteiger partial charge is 0.508 e. The zero-order valence-electron chi connectivity index (χ0n) is 10.9. The monoisotopic (exact) mass is 256 g/mol. The van der Waals surface area contributed by atoms with Gasteiger partial charge in [-0.2, -0.15) is 0 Å². The van der Waals surface area contributed by atoms with Crippen molar-refractivity contribution in [2.45, 2.75) is 19.9 Å². The highest BCUT2D eigenvalue weighted by Crippen LogP contribution is 2.14. The average molecular weight is 256 g/mol. The number of nitrogens with one attached hydrogen (secondary N) is 1. The van der Waals surface area contributed by atoms with Crippen LogP contribution in [0, 0.1) is 6.92 Å². The Hall–Kier alpha value is -2.36. The first kappa shape index (κ1) is 13.1. The second-order valence-corrected chi connectivity index (χ2v) is 4.48. The number of aryl methyl sites for hydroxylation is 1. The summed E-state index contributed by atoms with van der Waals surface area (Å²) in [5.74, 6) is -0.138. The second kappa shape index (κ2) is 5.52. The highest BCUT2D eigenvalue weighted by Gasteiger charge is 2.11. The van der Waals surface area contributed by atoms with Gasteiger partial charge >= 0.3 is 0 Å². The molecule has 1 amide bonds. The molecular formula is C15H16N2O2. The fraction of sp³-hybridized carbons (Fsp3) is 0.200. The summed E-state index contributed by atoms with van der Waals surface area (Å²) in [7, 11) is 0. The third-order valence-electron chi connectivity index (χ3n) is 2.89. The van der Waals surface area contributed by atoms with Crippen LogP contribution in [0.25, 0.3) is 0 Å². The van der Waals surface area contributed by atoms with Crippen LogP contribution in [0.4, 0.5) is 0 Å². The van der Waals surface area contributed by atoms with Crippen molar-refractivity contribution in [3.8, 4) is 5.75 Å². The van der Waals surface area contributed by atoms with Crippen molar-refractivity contribution < 1.29 is 9.90 Å². The molecule has 0 aliphatic heterocycles. The van der Waals surface area contributed by atoms with E-state index < -0.39 is 0 Å². The van der Waals surface area contributed by atoms with Gasteiger partial charge in [-0.15, -0.1) is 0 Å². The lowest BCUT2D eigenvalue weighted by molar-refractivity contribution is 0.0939. The number of phenolic OH excluding ortho intramolecular Hbond substituents is 1. The van der Waals surface area contributed by atoms with Crippen LogP contribution in [0.15, 0.2) is 42.6 Å². The Morgan fingerprint density at radius 3 is 2.74 bits per heavy atom. The minimum absolute atomic E-state index is 0.0808. The molecule has 0 radical (unpaired) electrons. The van der Waals surface area contributed by atoms with Gasteiger partial charge in [-0.3, -0.25) is 9.78 Å². The molecule has 0 spiro atoms. The van der Waals surface area contributed by atoms with E-state index in [1.165, 1.54) is 12.1 Å². The Bertz CT molecular complexity index is 579. The predicted octanol–water partition coefficient (Wildman–Crippen LogP) is 2.59. The number of aromatic nitrogens is 1. The molecular weight excluding hydrogens is 240 g/mol. The maximum atomic E-state index is 12.0. The van der Waals surface area contributed by atoms with E-state index in [1.807, 2.05) is 26.0 Å². The number of nitrogens with zero attached hydrogens (tertiary/aromatic N) is 1. The van der Waals surface area contributed by atoms with E-state index in [0.29, 0.717) is 5.56 Å². The van der Waals surface area contributed by atoms with Crippen LogP contribution < -0.4 is 5.32 Å². The number of amides is 1. The number of hydrogen-bond acceptors (Lipinski definition) is 3. The van der Waals surface area contributed by atoms with Gasteiger partial charge in [0.05, 0.1) is 6.04 Å². The lowest BCUT2D eigenvalue weighted by atomic mass is 10.1. The van der Waals surface area contributed by atoms with Gasteiger partial charge in [0, 0.05) is 17.5 Å². The van der Waals surface area contributed by atoms with Crippen LogP contribution >= 0.6 is 0 Å². The molecule has 0 bridgehead atoms. The minimum atomic E-state index is -0.219. The fourth-order valence-electron chi connectivity index (χ4n) is 1.75. The number of pyridine rings is 1. The average Bonchev–Trinajstić information content (AvgIpc) is 2.39. The SMILES string of the molecule is Cc1ccc([C@H](C)NC(=O)c2cccc(O)c2)cn1. The third-order valence-corrected chi connectivity index (χ3v) is 2.89. The molecule has 0 fully saturated rings.